The fourth-order valence-corrected chi connectivity index (χ4v) is 3.13. The molecule has 0 aliphatic carbocycles. The van der Waals surface area contributed by atoms with Gasteiger partial charge in [-0.3, -0.25) is 4.40 Å². The van der Waals surface area contributed by atoms with E-state index in [1.807, 2.05) is 11.8 Å². The maximum absolute atomic E-state index is 4.67. The summed E-state index contributed by atoms with van der Waals surface area (Å²) < 4.78 is 2.20. The molecule has 0 atom stereocenters. The number of hydrogen-bond donors (Lipinski definition) is 1. The maximum Gasteiger partial charge on any atom is 0.194 e. The second kappa shape index (κ2) is 5.00. The van der Waals surface area contributed by atoms with Crippen molar-refractivity contribution in [1.82, 2.24) is 14.7 Å². The smallest absolute Gasteiger partial charge is 0.194 e. The van der Waals surface area contributed by atoms with Gasteiger partial charge in [-0.25, -0.2) is 4.98 Å². The van der Waals surface area contributed by atoms with Crippen molar-refractivity contribution in [3.05, 3.63) is 17.3 Å². The van der Waals surface area contributed by atoms with Gasteiger partial charge in [0.05, 0.1) is 5.69 Å². The van der Waals surface area contributed by atoms with Crippen molar-refractivity contribution in [1.29, 1.82) is 0 Å². The zero-order chi connectivity index (χ0) is 12.5. The van der Waals surface area contributed by atoms with Gasteiger partial charge in [0, 0.05) is 23.7 Å². The molecule has 0 fully saturated rings. The van der Waals surface area contributed by atoms with E-state index in [1.54, 1.807) is 11.3 Å². The third-order valence-corrected chi connectivity index (χ3v) is 4.04. The van der Waals surface area contributed by atoms with Crippen LogP contribution < -0.4 is 5.32 Å². The van der Waals surface area contributed by atoms with Gasteiger partial charge in [0.15, 0.2) is 4.96 Å². The largest absolute Gasteiger partial charge is 0.306 e. The van der Waals surface area contributed by atoms with E-state index in [0.29, 0.717) is 0 Å². The van der Waals surface area contributed by atoms with Crippen LogP contribution in [0.3, 0.4) is 0 Å². The molecule has 0 spiro atoms. The Morgan fingerprint density at radius 3 is 2.88 bits per heavy atom. The van der Waals surface area contributed by atoms with Crippen LogP contribution in [0.2, 0.25) is 0 Å². The highest BCUT2D eigenvalue weighted by Gasteiger charge is 2.16. The standard InChI is InChI=1S/C12H19N3S2/c1-5-16-10-9(8-13-12(2,3)4)15-6-7-17-11(15)14-10/h6-7,13H,5,8H2,1-4H3. The number of aromatic nitrogens is 2. The molecule has 5 heteroatoms. The number of thiazole rings is 1. The maximum atomic E-state index is 4.67. The molecule has 0 aromatic carbocycles. The van der Waals surface area contributed by atoms with Crippen LogP contribution in [-0.4, -0.2) is 20.7 Å². The number of nitrogens with one attached hydrogen (secondary N) is 1. The van der Waals surface area contributed by atoms with Crippen molar-refractivity contribution in [2.24, 2.45) is 0 Å². The predicted molar refractivity (Wildman–Crippen MR) is 76.1 cm³/mol. The molecule has 1 N–H and O–H groups in total. The first-order valence-corrected chi connectivity index (χ1v) is 7.70. The summed E-state index contributed by atoms with van der Waals surface area (Å²) in [6.07, 6.45) is 2.10. The second-order valence-electron chi connectivity index (χ2n) is 4.96. The molecule has 2 aromatic heterocycles. The molecule has 3 nitrogen and oxygen atoms in total. The van der Waals surface area contributed by atoms with Crippen molar-refractivity contribution in [2.45, 2.75) is 44.8 Å². The van der Waals surface area contributed by atoms with Crippen molar-refractivity contribution < 1.29 is 0 Å². The molecule has 0 unspecified atom stereocenters. The third kappa shape index (κ3) is 3.03. The SMILES string of the molecule is CCSc1nc2sccn2c1CNC(C)(C)C. The van der Waals surface area contributed by atoms with E-state index in [0.717, 1.165) is 22.3 Å². The van der Waals surface area contributed by atoms with Crippen LogP contribution in [0.15, 0.2) is 16.6 Å². The Hall–Kier alpha value is -0.520. The normalized spacial score (nSPS) is 12.5. The van der Waals surface area contributed by atoms with Crippen molar-refractivity contribution >= 4 is 28.1 Å². The summed E-state index contributed by atoms with van der Waals surface area (Å²) in [5.74, 6) is 1.06. The van der Waals surface area contributed by atoms with Crippen LogP contribution in [0.4, 0.5) is 0 Å². The fourth-order valence-electron chi connectivity index (χ4n) is 1.57. The predicted octanol–water partition coefficient (Wildman–Crippen LogP) is 3.40. The molecule has 0 amide bonds. The van der Waals surface area contributed by atoms with Gasteiger partial charge in [0.2, 0.25) is 0 Å². The first-order valence-electron chi connectivity index (χ1n) is 5.83. The van der Waals surface area contributed by atoms with Gasteiger partial charge in [-0.2, -0.15) is 0 Å². The van der Waals surface area contributed by atoms with Crippen molar-refractivity contribution in [2.75, 3.05) is 5.75 Å². The number of nitrogens with zero attached hydrogens (tertiary/aromatic N) is 2. The summed E-state index contributed by atoms with van der Waals surface area (Å²) >= 11 is 3.51. The van der Waals surface area contributed by atoms with Crippen LogP contribution in [0.5, 0.6) is 0 Å². The van der Waals surface area contributed by atoms with E-state index in [9.17, 15) is 0 Å². The highest BCUT2D eigenvalue weighted by Crippen LogP contribution is 2.26. The quantitative estimate of drug-likeness (QED) is 0.863. The number of fused-ring (bicyclic) bond motifs is 1. The van der Waals surface area contributed by atoms with Gasteiger partial charge < -0.3 is 5.32 Å². The first-order chi connectivity index (χ1) is 8.01. The topological polar surface area (TPSA) is 29.3 Å². The summed E-state index contributed by atoms with van der Waals surface area (Å²) in [6.45, 7) is 9.59. The Labute approximate surface area is 111 Å². The van der Waals surface area contributed by atoms with Gasteiger partial charge in [-0.1, -0.05) is 6.92 Å². The van der Waals surface area contributed by atoms with Gasteiger partial charge in [0.1, 0.15) is 5.03 Å². The summed E-state index contributed by atoms with van der Waals surface area (Å²) in [7, 11) is 0. The molecule has 2 heterocycles. The molecule has 94 valence electrons. The van der Waals surface area contributed by atoms with Gasteiger partial charge in [-0.05, 0) is 26.5 Å². The van der Waals surface area contributed by atoms with Crippen molar-refractivity contribution in [3.63, 3.8) is 0 Å². The molecule has 17 heavy (non-hydrogen) atoms. The lowest BCUT2D eigenvalue weighted by Crippen LogP contribution is -2.35. The Kier molecular flexibility index (Phi) is 3.80. The Morgan fingerprint density at radius 2 is 2.24 bits per heavy atom. The third-order valence-electron chi connectivity index (χ3n) is 2.39. The minimum absolute atomic E-state index is 0.133. The van der Waals surface area contributed by atoms with Gasteiger partial charge in [-0.15, -0.1) is 23.1 Å². The van der Waals surface area contributed by atoms with Crippen LogP contribution in [0.25, 0.3) is 4.96 Å². The van der Waals surface area contributed by atoms with Crippen LogP contribution >= 0.6 is 23.1 Å². The summed E-state index contributed by atoms with van der Waals surface area (Å²) in [5, 5.41) is 6.79. The Bertz CT molecular complexity index is 493. The summed E-state index contributed by atoms with van der Waals surface area (Å²) in [5.41, 5.74) is 1.41. The van der Waals surface area contributed by atoms with E-state index in [-0.39, 0.29) is 5.54 Å². The molecule has 0 saturated carbocycles. The Balaban J connectivity index is 2.28. The molecule has 0 aliphatic rings. The molecule has 0 radical (unpaired) electrons. The molecule has 2 aromatic rings. The minimum atomic E-state index is 0.133. The summed E-state index contributed by atoms with van der Waals surface area (Å²) in [4.78, 5) is 5.76. The van der Waals surface area contributed by atoms with Gasteiger partial charge >= 0.3 is 0 Å². The lowest BCUT2D eigenvalue weighted by Gasteiger charge is -2.20. The highest BCUT2D eigenvalue weighted by atomic mass is 32.2. The molecule has 0 bridgehead atoms. The average molecular weight is 269 g/mol. The molecular formula is C12H19N3S2. The van der Waals surface area contributed by atoms with Crippen LogP contribution in [0, 0.1) is 0 Å². The molecular weight excluding hydrogens is 250 g/mol. The lowest BCUT2D eigenvalue weighted by molar-refractivity contribution is 0.418. The molecule has 0 aliphatic heterocycles. The monoisotopic (exact) mass is 269 g/mol. The van der Waals surface area contributed by atoms with Crippen LogP contribution in [0.1, 0.15) is 33.4 Å². The number of thioether (sulfide) groups is 1. The Morgan fingerprint density at radius 1 is 1.47 bits per heavy atom. The van der Waals surface area contributed by atoms with Crippen LogP contribution in [-0.2, 0) is 6.54 Å². The van der Waals surface area contributed by atoms with E-state index < -0.39 is 0 Å². The second-order valence-corrected chi connectivity index (χ2v) is 7.08. The number of rotatable bonds is 4. The van der Waals surface area contributed by atoms with E-state index in [2.05, 4.69) is 54.0 Å². The summed E-state index contributed by atoms with van der Waals surface area (Å²) in [6, 6.07) is 0. The zero-order valence-corrected chi connectivity index (χ0v) is 12.4. The first kappa shape index (κ1) is 12.9. The van der Waals surface area contributed by atoms with Gasteiger partial charge in [0.25, 0.3) is 0 Å². The molecule has 2 rings (SSSR count). The van der Waals surface area contributed by atoms with E-state index in [4.69, 9.17) is 0 Å². The fraction of sp³-hybridized carbons (Fsp3) is 0.583. The average Bonchev–Trinajstić information content (AvgIpc) is 2.74. The van der Waals surface area contributed by atoms with Crippen molar-refractivity contribution in [3.8, 4) is 0 Å². The minimum Gasteiger partial charge on any atom is -0.306 e. The van der Waals surface area contributed by atoms with E-state index in [1.165, 1.54) is 5.69 Å². The zero-order valence-electron chi connectivity index (χ0n) is 10.8. The lowest BCUT2D eigenvalue weighted by atomic mass is 10.1. The number of imidazole rings is 1. The highest BCUT2D eigenvalue weighted by molar-refractivity contribution is 7.99. The van der Waals surface area contributed by atoms with E-state index >= 15 is 0 Å². The molecule has 0 saturated heterocycles. The number of hydrogen-bond acceptors (Lipinski definition) is 4.